The van der Waals surface area contributed by atoms with Gasteiger partial charge in [0, 0.05) is 18.6 Å². The number of likely N-dealkylation sites (tertiary alicyclic amines) is 1. The molecule has 1 unspecified atom stereocenters. The summed E-state index contributed by atoms with van der Waals surface area (Å²) in [5, 5.41) is 3.81. The second kappa shape index (κ2) is 9.78. The first kappa shape index (κ1) is 16.3. The third-order valence-corrected chi connectivity index (χ3v) is 4.88. The average molecular weight is 281 g/mol. The topological polar surface area (TPSA) is 15.3 Å². The van der Waals surface area contributed by atoms with Crippen LogP contribution in [-0.2, 0) is 0 Å². The first-order chi connectivity index (χ1) is 9.88. The Balaban J connectivity index is 1.42. The van der Waals surface area contributed by atoms with Crippen LogP contribution >= 0.6 is 0 Å². The van der Waals surface area contributed by atoms with Crippen molar-refractivity contribution in [2.45, 2.75) is 96.1 Å². The van der Waals surface area contributed by atoms with Gasteiger partial charge < -0.3 is 10.2 Å². The summed E-state index contributed by atoms with van der Waals surface area (Å²) in [5.41, 5.74) is 0. The Morgan fingerprint density at radius 2 is 1.55 bits per heavy atom. The van der Waals surface area contributed by atoms with Crippen LogP contribution in [0.2, 0.25) is 0 Å². The lowest BCUT2D eigenvalue weighted by Crippen LogP contribution is -2.46. The molecule has 2 rings (SSSR count). The van der Waals surface area contributed by atoms with E-state index in [0.29, 0.717) is 0 Å². The molecule has 1 heterocycles. The van der Waals surface area contributed by atoms with Gasteiger partial charge in [-0.2, -0.15) is 0 Å². The molecule has 2 aliphatic rings. The first-order valence-electron chi connectivity index (χ1n) is 9.37. The number of piperidine rings is 1. The van der Waals surface area contributed by atoms with Gasteiger partial charge in [-0.3, -0.25) is 0 Å². The summed E-state index contributed by atoms with van der Waals surface area (Å²) in [5.74, 6) is 0. The fraction of sp³-hybridized carbons (Fsp3) is 1.00. The van der Waals surface area contributed by atoms with Crippen molar-refractivity contribution in [3.63, 3.8) is 0 Å². The van der Waals surface area contributed by atoms with E-state index in [1.807, 2.05) is 0 Å². The van der Waals surface area contributed by atoms with Gasteiger partial charge in [0.2, 0.25) is 0 Å². The van der Waals surface area contributed by atoms with Crippen LogP contribution in [0.5, 0.6) is 0 Å². The Morgan fingerprint density at radius 1 is 0.850 bits per heavy atom. The lowest BCUT2D eigenvalue weighted by Gasteiger charge is -2.33. The molecule has 2 heteroatoms. The largest absolute Gasteiger partial charge is 0.310 e. The van der Waals surface area contributed by atoms with Crippen molar-refractivity contribution in [2.75, 3.05) is 19.6 Å². The number of nitrogens with one attached hydrogen (secondary N) is 1. The second-order valence-corrected chi connectivity index (χ2v) is 7.06. The molecule has 0 bridgehead atoms. The third-order valence-electron chi connectivity index (χ3n) is 4.88. The molecule has 0 aromatic carbocycles. The van der Waals surface area contributed by atoms with Gasteiger partial charge in [0.25, 0.3) is 0 Å². The van der Waals surface area contributed by atoms with E-state index in [0.717, 1.165) is 12.1 Å². The van der Waals surface area contributed by atoms with Crippen molar-refractivity contribution in [2.24, 2.45) is 0 Å². The predicted octanol–water partition coefficient (Wildman–Crippen LogP) is 4.34. The summed E-state index contributed by atoms with van der Waals surface area (Å²) < 4.78 is 0. The van der Waals surface area contributed by atoms with E-state index >= 15 is 0 Å². The van der Waals surface area contributed by atoms with Crippen molar-refractivity contribution in [3.8, 4) is 0 Å². The molecule has 1 aliphatic heterocycles. The van der Waals surface area contributed by atoms with E-state index in [1.165, 1.54) is 96.7 Å². The van der Waals surface area contributed by atoms with Crippen LogP contribution in [0.1, 0.15) is 84.0 Å². The Morgan fingerprint density at radius 3 is 2.25 bits per heavy atom. The zero-order valence-electron chi connectivity index (χ0n) is 13.7. The van der Waals surface area contributed by atoms with E-state index in [-0.39, 0.29) is 0 Å². The van der Waals surface area contributed by atoms with Crippen LogP contribution in [0.25, 0.3) is 0 Å². The van der Waals surface area contributed by atoms with Crippen molar-refractivity contribution in [3.05, 3.63) is 0 Å². The Kier molecular flexibility index (Phi) is 7.97. The summed E-state index contributed by atoms with van der Waals surface area (Å²) in [6, 6.07) is 1.67. The zero-order valence-corrected chi connectivity index (χ0v) is 13.7. The lowest BCUT2D eigenvalue weighted by atomic mass is 10.0. The van der Waals surface area contributed by atoms with Gasteiger partial charge in [-0.15, -0.1) is 0 Å². The minimum Gasteiger partial charge on any atom is -0.310 e. The highest BCUT2D eigenvalue weighted by molar-refractivity contribution is 4.87. The maximum Gasteiger partial charge on any atom is 0.0198 e. The van der Waals surface area contributed by atoms with Gasteiger partial charge in [0.1, 0.15) is 0 Å². The highest BCUT2D eigenvalue weighted by atomic mass is 15.2. The van der Waals surface area contributed by atoms with Gasteiger partial charge in [-0.1, -0.05) is 51.9 Å². The molecule has 0 aromatic rings. The fourth-order valence-corrected chi connectivity index (χ4v) is 3.45. The summed E-state index contributed by atoms with van der Waals surface area (Å²) in [6.45, 7) is 6.30. The second-order valence-electron chi connectivity index (χ2n) is 7.06. The number of rotatable bonds is 11. The zero-order chi connectivity index (χ0) is 14.0. The molecule has 1 N–H and O–H groups in total. The van der Waals surface area contributed by atoms with Crippen molar-refractivity contribution < 1.29 is 0 Å². The molecule has 1 saturated carbocycles. The molecular formula is C18H36N2. The van der Waals surface area contributed by atoms with Crippen LogP contribution in [0.4, 0.5) is 0 Å². The SMILES string of the molecule is CCCCCCCCCCN1CCCC(NC2CC2)C1. The van der Waals surface area contributed by atoms with Crippen LogP contribution in [-0.4, -0.2) is 36.6 Å². The molecule has 1 saturated heterocycles. The quantitative estimate of drug-likeness (QED) is 0.566. The highest BCUT2D eigenvalue weighted by Gasteiger charge is 2.27. The summed E-state index contributed by atoms with van der Waals surface area (Å²) in [4.78, 5) is 2.71. The van der Waals surface area contributed by atoms with Crippen LogP contribution in [0, 0.1) is 0 Å². The van der Waals surface area contributed by atoms with Gasteiger partial charge in [-0.05, 0) is 45.2 Å². The molecular weight excluding hydrogens is 244 g/mol. The number of nitrogens with zero attached hydrogens (tertiary/aromatic N) is 1. The molecule has 118 valence electrons. The normalized spacial score (nSPS) is 24.1. The van der Waals surface area contributed by atoms with Crippen molar-refractivity contribution in [1.82, 2.24) is 10.2 Å². The van der Waals surface area contributed by atoms with Crippen molar-refractivity contribution in [1.29, 1.82) is 0 Å². The van der Waals surface area contributed by atoms with E-state index < -0.39 is 0 Å². The number of hydrogen-bond acceptors (Lipinski definition) is 2. The molecule has 0 aromatic heterocycles. The standard InChI is InChI=1S/C18H36N2/c1-2-3-4-5-6-7-8-9-14-20-15-10-11-18(16-20)19-17-12-13-17/h17-19H,2-16H2,1H3. The Bertz CT molecular complexity index is 238. The van der Waals surface area contributed by atoms with Gasteiger partial charge in [0.05, 0.1) is 0 Å². The molecule has 20 heavy (non-hydrogen) atoms. The van der Waals surface area contributed by atoms with Gasteiger partial charge in [0.15, 0.2) is 0 Å². The van der Waals surface area contributed by atoms with E-state index in [4.69, 9.17) is 0 Å². The lowest BCUT2D eigenvalue weighted by molar-refractivity contribution is 0.186. The van der Waals surface area contributed by atoms with Gasteiger partial charge >= 0.3 is 0 Å². The van der Waals surface area contributed by atoms with Crippen LogP contribution in [0.3, 0.4) is 0 Å². The molecule has 0 spiro atoms. The van der Waals surface area contributed by atoms with E-state index in [2.05, 4.69) is 17.1 Å². The van der Waals surface area contributed by atoms with E-state index in [1.54, 1.807) is 0 Å². The molecule has 1 atom stereocenters. The molecule has 1 aliphatic carbocycles. The monoisotopic (exact) mass is 280 g/mol. The summed E-state index contributed by atoms with van der Waals surface area (Å²) >= 11 is 0. The third kappa shape index (κ3) is 7.08. The maximum atomic E-state index is 3.81. The smallest absolute Gasteiger partial charge is 0.0198 e. The first-order valence-corrected chi connectivity index (χ1v) is 9.37. The van der Waals surface area contributed by atoms with Gasteiger partial charge in [-0.25, -0.2) is 0 Å². The fourth-order valence-electron chi connectivity index (χ4n) is 3.45. The predicted molar refractivity (Wildman–Crippen MR) is 88.2 cm³/mol. The average Bonchev–Trinajstić information content (AvgIpc) is 3.26. The molecule has 0 radical (unpaired) electrons. The number of hydrogen-bond donors (Lipinski definition) is 1. The minimum atomic E-state index is 0.797. The number of unbranched alkanes of at least 4 members (excludes halogenated alkanes) is 7. The highest BCUT2D eigenvalue weighted by Crippen LogP contribution is 2.22. The summed E-state index contributed by atoms with van der Waals surface area (Å²) in [7, 11) is 0. The summed E-state index contributed by atoms with van der Waals surface area (Å²) in [6.07, 6.45) is 17.2. The van der Waals surface area contributed by atoms with Crippen LogP contribution in [0.15, 0.2) is 0 Å². The molecule has 0 amide bonds. The van der Waals surface area contributed by atoms with Crippen LogP contribution < -0.4 is 5.32 Å². The minimum absolute atomic E-state index is 0.797. The molecule has 2 nitrogen and oxygen atoms in total. The molecule has 2 fully saturated rings. The Hall–Kier alpha value is -0.0800. The van der Waals surface area contributed by atoms with Crippen molar-refractivity contribution >= 4 is 0 Å². The Labute approximate surface area is 126 Å². The van der Waals surface area contributed by atoms with E-state index in [9.17, 15) is 0 Å². The maximum absolute atomic E-state index is 3.81.